The van der Waals surface area contributed by atoms with Gasteiger partial charge in [0.2, 0.25) is 0 Å². The Hall–Kier alpha value is -3.16. The summed E-state index contributed by atoms with van der Waals surface area (Å²) in [6.45, 7) is -0.932. The number of fused-ring (bicyclic) bond motifs is 3. The van der Waals surface area contributed by atoms with E-state index in [1.807, 2.05) is 6.08 Å². The minimum Gasteiger partial charge on any atom is -0.493 e. The van der Waals surface area contributed by atoms with Crippen LogP contribution < -0.4 is 15.0 Å². The summed E-state index contributed by atoms with van der Waals surface area (Å²) in [5, 5.41) is 2.69. The number of carbonyl (C=O) groups excluding carboxylic acids is 3. The lowest BCUT2D eigenvalue weighted by atomic mass is 9.95. The number of rotatable bonds is 7. The molecule has 0 aliphatic carbocycles. The van der Waals surface area contributed by atoms with E-state index in [0.29, 0.717) is 29.2 Å². The molecule has 5 rings (SSSR count). The van der Waals surface area contributed by atoms with Gasteiger partial charge in [-0.15, -0.1) is 11.8 Å². The summed E-state index contributed by atoms with van der Waals surface area (Å²) in [4.78, 5) is 41.7. The van der Waals surface area contributed by atoms with E-state index in [9.17, 15) is 31.6 Å². The third-order valence-corrected chi connectivity index (χ3v) is 9.95. The highest BCUT2D eigenvalue weighted by Crippen LogP contribution is 2.53. The van der Waals surface area contributed by atoms with Crippen molar-refractivity contribution in [1.29, 1.82) is 0 Å². The van der Waals surface area contributed by atoms with Crippen molar-refractivity contribution >= 4 is 56.6 Å². The van der Waals surface area contributed by atoms with Crippen LogP contribution in [0.25, 0.3) is 0 Å². The number of allylic oxidation sites excluding steroid dienone is 1. The van der Waals surface area contributed by atoms with Crippen molar-refractivity contribution in [3.05, 3.63) is 69.1 Å². The molecule has 0 aromatic heterocycles. The molecule has 3 aliphatic rings. The van der Waals surface area contributed by atoms with Crippen LogP contribution in [0.3, 0.4) is 0 Å². The molecule has 0 spiro atoms. The zero-order valence-electron chi connectivity index (χ0n) is 22.7. The molecule has 2 aromatic rings. The van der Waals surface area contributed by atoms with Gasteiger partial charge in [0.05, 0.1) is 41.1 Å². The molecule has 0 bridgehead atoms. The summed E-state index contributed by atoms with van der Waals surface area (Å²) in [5.41, 5.74) is 1.60. The van der Waals surface area contributed by atoms with Crippen LogP contribution in [0.2, 0.25) is 5.02 Å². The number of amides is 3. The number of carbonyl (C=O) groups is 3. The third kappa shape index (κ3) is 6.42. The zero-order chi connectivity index (χ0) is 30.4. The Kier molecular flexibility index (Phi) is 8.29. The fraction of sp³-hybridized carbons (Fsp3) is 0.393. The lowest BCUT2D eigenvalue weighted by Gasteiger charge is -2.38. The summed E-state index contributed by atoms with van der Waals surface area (Å²) < 4.78 is 55.2. The molecule has 1 N–H and O–H groups in total. The van der Waals surface area contributed by atoms with Gasteiger partial charge in [0.25, 0.3) is 23.6 Å². The van der Waals surface area contributed by atoms with Crippen LogP contribution in [0.5, 0.6) is 5.75 Å². The van der Waals surface area contributed by atoms with Gasteiger partial charge < -0.3 is 19.9 Å². The normalized spacial score (nSPS) is 20.7. The largest absolute Gasteiger partial charge is 0.493 e. The Morgan fingerprint density at radius 1 is 1.17 bits per heavy atom. The first-order valence-corrected chi connectivity index (χ1v) is 16.4. The maximum Gasteiger partial charge on any atom is 0.282 e. The Balaban J connectivity index is 1.29. The maximum atomic E-state index is 13.6. The minimum atomic E-state index is -3.21. The molecule has 0 radical (unpaired) electrons. The van der Waals surface area contributed by atoms with E-state index in [-0.39, 0.29) is 45.6 Å². The Bertz CT molecular complexity index is 1590. The van der Waals surface area contributed by atoms with E-state index in [0.717, 1.165) is 16.7 Å². The van der Waals surface area contributed by atoms with Crippen LogP contribution in [-0.4, -0.2) is 82.3 Å². The van der Waals surface area contributed by atoms with Crippen LogP contribution in [0.1, 0.15) is 38.0 Å². The highest BCUT2D eigenvalue weighted by Gasteiger charge is 2.46. The third-order valence-electron chi connectivity index (χ3n) is 7.26. The number of alkyl halides is 2. The van der Waals surface area contributed by atoms with Crippen LogP contribution in [0.4, 0.5) is 14.5 Å². The van der Waals surface area contributed by atoms with Crippen LogP contribution in [0, 0.1) is 5.92 Å². The molecule has 224 valence electrons. The van der Waals surface area contributed by atoms with E-state index in [4.69, 9.17) is 16.3 Å². The molecule has 0 saturated carbocycles. The summed E-state index contributed by atoms with van der Waals surface area (Å²) in [6, 6.07) is 9.39. The van der Waals surface area contributed by atoms with E-state index in [2.05, 4.69) is 5.32 Å². The highest BCUT2D eigenvalue weighted by atomic mass is 35.5. The van der Waals surface area contributed by atoms with Crippen molar-refractivity contribution in [2.75, 3.05) is 50.2 Å². The van der Waals surface area contributed by atoms with E-state index < -0.39 is 40.7 Å². The number of halogens is 3. The monoisotopic (exact) mass is 639 g/mol. The lowest BCUT2D eigenvalue weighted by Crippen LogP contribution is -2.58. The quantitative estimate of drug-likeness (QED) is 0.488. The van der Waals surface area contributed by atoms with Gasteiger partial charge in [0, 0.05) is 41.8 Å². The first kappa shape index (κ1) is 30.3. The van der Waals surface area contributed by atoms with Crippen LogP contribution in [-0.2, 0) is 14.6 Å². The van der Waals surface area contributed by atoms with Gasteiger partial charge in [-0.3, -0.25) is 14.4 Å². The SMILES string of the molecule is CN(C(=O)C1=CC2CCOc3cc(C(=O)NCCS(C)(=O)=O)ccc3C2S1)c1cc(C(=O)N2CC(F)(F)C2)ccc1Cl. The maximum absolute atomic E-state index is 13.6. The van der Waals surface area contributed by atoms with Gasteiger partial charge in [-0.2, -0.15) is 0 Å². The van der Waals surface area contributed by atoms with Gasteiger partial charge in [-0.05, 0) is 42.7 Å². The molecule has 9 nitrogen and oxygen atoms in total. The van der Waals surface area contributed by atoms with Crippen LogP contribution >= 0.6 is 23.4 Å². The van der Waals surface area contributed by atoms with E-state index in [1.165, 1.54) is 41.9 Å². The fourth-order valence-corrected chi connectivity index (χ4v) is 7.20. The molecule has 42 heavy (non-hydrogen) atoms. The number of nitrogens with zero attached hydrogens (tertiary/aromatic N) is 2. The van der Waals surface area contributed by atoms with Gasteiger partial charge in [-0.25, -0.2) is 17.2 Å². The molecule has 3 heterocycles. The summed E-state index contributed by atoms with van der Waals surface area (Å²) >= 11 is 7.75. The lowest BCUT2D eigenvalue weighted by molar-refractivity contribution is -0.114. The molecular formula is C28H28ClF2N3O6S2. The van der Waals surface area contributed by atoms with Crippen molar-refractivity contribution in [3.63, 3.8) is 0 Å². The molecule has 2 atom stereocenters. The van der Waals surface area contributed by atoms with Gasteiger partial charge in [-0.1, -0.05) is 23.7 Å². The van der Waals surface area contributed by atoms with Gasteiger partial charge in [0.15, 0.2) is 0 Å². The number of hydrogen-bond acceptors (Lipinski definition) is 7. The Morgan fingerprint density at radius 3 is 2.57 bits per heavy atom. The number of anilines is 1. The predicted octanol–water partition coefficient (Wildman–Crippen LogP) is 3.94. The van der Waals surface area contributed by atoms with Crippen molar-refractivity contribution < 1.29 is 36.3 Å². The minimum absolute atomic E-state index is 0.00561. The number of thioether (sulfide) groups is 1. The number of benzene rings is 2. The van der Waals surface area contributed by atoms with Gasteiger partial charge in [0.1, 0.15) is 15.6 Å². The first-order valence-electron chi connectivity index (χ1n) is 13.1. The Labute approximate surface area is 251 Å². The second-order valence-electron chi connectivity index (χ2n) is 10.6. The molecule has 3 aliphatic heterocycles. The average Bonchev–Trinajstić information content (AvgIpc) is 3.26. The van der Waals surface area contributed by atoms with Gasteiger partial charge >= 0.3 is 0 Å². The summed E-state index contributed by atoms with van der Waals surface area (Å²) in [7, 11) is -1.67. The number of likely N-dealkylation sites (tertiary alicyclic amines) is 1. The van der Waals surface area contributed by atoms with Crippen molar-refractivity contribution in [2.45, 2.75) is 17.6 Å². The van der Waals surface area contributed by atoms with Crippen molar-refractivity contribution in [1.82, 2.24) is 10.2 Å². The Morgan fingerprint density at radius 2 is 1.88 bits per heavy atom. The topological polar surface area (TPSA) is 113 Å². The van der Waals surface area contributed by atoms with Crippen molar-refractivity contribution in [2.24, 2.45) is 5.92 Å². The molecule has 2 aromatic carbocycles. The number of nitrogens with one attached hydrogen (secondary N) is 1. The summed E-state index contributed by atoms with van der Waals surface area (Å²) in [5.74, 6) is -3.86. The second kappa shape index (κ2) is 11.5. The molecule has 2 unspecified atom stereocenters. The predicted molar refractivity (Wildman–Crippen MR) is 156 cm³/mol. The van der Waals surface area contributed by atoms with Crippen LogP contribution in [0.15, 0.2) is 47.4 Å². The van der Waals surface area contributed by atoms with E-state index in [1.54, 1.807) is 18.2 Å². The summed E-state index contributed by atoms with van der Waals surface area (Å²) in [6.07, 6.45) is 3.63. The molecular weight excluding hydrogens is 612 g/mol. The highest BCUT2D eigenvalue weighted by molar-refractivity contribution is 8.04. The fourth-order valence-electron chi connectivity index (χ4n) is 5.00. The molecule has 3 amide bonds. The number of ether oxygens (including phenoxy) is 1. The zero-order valence-corrected chi connectivity index (χ0v) is 25.1. The number of hydrogen-bond donors (Lipinski definition) is 1. The standard InChI is InChI=1S/C28H28ClF2N3O6S2/c1-33(21-11-18(4-6-20(21)29)26(36)34-14-28(30,31)15-34)27(37)23-13-16-7-9-40-22-12-17(3-5-19(22)24(16)41-23)25(35)32-8-10-42(2,38)39/h3-6,11-13,16,24H,7-10,14-15H2,1-2H3,(H,32,35). The second-order valence-corrected chi connectivity index (χ2v) is 14.4. The molecule has 1 saturated heterocycles. The number of sulfone groups is 1. The first-order chi connectivity index (χ1) is 19.7. The average molecular weight is 640 g/mol. The molecule has 14 heteroatoms. The molecule has 1 fully saturated rings. The number of likely N-dealkylation sites (N-methyl/N-ethyl adjacent to an activating group) is 1. The smallest absolute Gasteiger partial charge is 0.282 e. The van der Waals surface area contributed by atoms with E-state index >= 15 is 0 Å². The van der Waals surface area contributed by atoms with Crippen molar-refractivity contribution in [3.8, 4) is 5.75 Å².